The summed E-state index contributed by atoms with van der Waals surface area (Å²) in [4.78, 5) is 0. The van der Waals surface area contributed by atoms with E-state index in [2.05, 4.69) is 37.4 Å². The largest absolute Gasteiger partial charge is 0.281 e. The third-order valence-electron chi connectivity index (χ3n) is 2.76. The van der Waals surface area contributed by atoms with E-state index in [1.54, 1.807) is 0 Å². The fourth-order valence-electron chi connectivity index (χ4n) is 1.83. The van der Waals surface area contributed by atoms with Crippen LogP contribution in [0.25, 0.3) is 0 Å². The molecule has 4 radical (unpaired) electrons. The first kappa shape index (κ1) is 11.3. The second-order valence-corrected chi connectivity index (χ2v) is 3.91. The van der Waals surface area contributed by atoms with Crippen molar-refractivity contribution in [2.45, 2.75) is 25.9 Å². The zero-order valence-corrected chi connectivity index (χ0v) is 10.3. The smallest absolute Gasteiger partial charge is 0.159 e. The van der Waals surface area contributed by atoms with Gasteiger partial charge in [-0.1, -0.05) is 0 Å². The first-order valence-electron chi connectivity index (χ1n) is 5.62. The summed E-state index contributed by atoms with van der Waals surface area (Å²) >= 11 is 0. The minimum atomic E-state index is 0.0882. The molecule has 0 aromatic heterocycles. The fourth-order valence-corrected chi connectivity index (χ4v) is 1.83. The first-order chi connectivity index (χ1) is 7.65. The molecule has 86 valence electrons. The molecule has 2 aliphatic rings. The van der Waals surface area contributed by atoms with Gasteiger partial charge >= 0.3 is 0 Å². The van der Waals surface area contributed by atoms with Gasteiger partial charge in [0.2, 0.25) is 12.1 Å². The quantitative estimate of drug-likeness (QED) is 0.652. The van der Waals surface area contributed by atoms with Gasteiger partial charge in [-0.3, -0.25) is 0 Å². The minimum Gasteiger partial charge on any atom is -0.159 e. The van der Waals surface area contributed by atoms with Crippen molar-refractivity contribution in [3.05, 3.63) is 13.1 Å². The van der Waals surface area contributed by atoms with E-state index in [0.29, 0.717) is 0 Å². The zero-order chi connectivity index (χ0) is 11.7. The molecule has 0 aromatic rings. The highest BCUT2D eigenvalue weighted by Crippen LogP contribution is 2.24. The Morgan fingerprint density at radius 1 is 0.938 bits per heavy atom. The lowest BCUT2D eigenvalue weighted by molar-refractivity contribution is -0.550. The van der Waals surface area contributed by atoms with Crippen LogP contribution in [0.15, 0.2) is 10.4 Å². The summed E-state index contributed by atoms with van der Waals surface area (Å²) in [5.74, 6) is 0. The first-order valence-corrected chi connectivity index (χ1v) is 5.62. The van der Waals surface area contributed by atoms with E-state index in [1.165, 1.54) is 0 Å². The lowest BCUT2D eigenvalue weighted by Crippen LogP contribution is -2.43. The Balaban J connectivity index is 2.01. The predicted molar refractivity (Wildman–Crippen MR) is 56.0 cm³/mol. The number of likely N-dealkylation sites (N-methyl/N-ethyl adjacent to an activating group) is 4. The molecular formula is C10H18N6+2. The van der Waals surface area contributed by atoms with Crippen LogP contribution in [-0.2, 0) is 0 Å². The van der Waals surface area contributed by atoms with Crippen LogP contribution in [0.3, 0.4) is 0 Å². The van der Waals surface area contributed by atoms with Crippen molar-refractivity contribution in [2.75, 3.05) is 27.2 Å². The molecule has 0 fully saturated rings. The van der Waals surface area contributed by atoms with Crippen molar-refractivity contribution in [1.29, 1.82) is 0 Å². The Morgan fingerprint density at radius 2 is 1.31 bits per heavy atom. The van der Waals surface area contributed by atoms with Crippen LogP contribution in [0.2, 0.25) is 0 Å². The topological polar surface area (TPSA) is 37.2 Å². The van der Waals surface area contributed by atoms with Gasteiger partial charge in [-0.05, 0) is 13.8 Å². The summed E-state index contributed by atoms with van der Waals surface area (Å²) in [5.41, 5.74) is 0. The van der Waals surface area contributed by atoms with Gasteiger partial charge < -0.3 is 0 Å². The molecule has 2 rings (SSSR count). The van der Waals surface area contributed by atoms with Crippen LogP contribution in [-0.4, -0.2) is 58.7 Å². The molecular weight excluding hydrogens is 204 g/mol. The fraction of sp³-hybridized carbons (Fsp3) is 0.800. The highest BCUT2D eigenvalue weighted by atomic mass is 15.7. The monoisotopic (exact) mass is 222 g/mol. The van der Waals surface area contributed by atoms with Gasteiger partial charge in [-0.2, -0.15) is 10.0 Å². The second-order valence-electron chi connectivity index (χ2n) is 3.91. The minimum absolute atomic E-state index is 0.0882. The number of nitrogens with zero attached hydrogens (tertiary/aromatic N) is 6. The molecule has 6 heteroatoms. The predicted octanol–water partition coefficient (Wildman–Crippen LogP) is 0.491. The molecule has 0 N–H and O–H groups in total. The Labute approximate surface area is 96.8 Å². The van der Waals surface area contributed by atoms with Gasteiger partial charge in [0.05, 0.1) is 24.5 Å². The van der Waals surface area contributed by atoms with Gasteiger partial charge in [-0.15, -0.1) is 9.39 Å². The van der Waals surface area contributed by atoms with Gasteiger partial charge in [0.15, 0.2) is 0 Å². The summed E-state index contributed by atoms with van der Waals surface area (Å²) in [7, 11) is 3.91. The van der Waals surface area contributed by atoms with E-state index in [1.807, 2.05) is 33.5 Å². The van der Waals surface area contributed by atoms with Gasteiger partial charge in [-0.25, -0.2) is 0 Å². The van der Waals surface area contributed by atoms with E-state index in [9.17, 15) is 0 Å². The summed E-state index contributed by atoms with van der Waals surface area (Å²) in [6.07, 6.45) is 0. The van der Waals surface area contributed by atoms with E-state index >= 15 is 0 Å². The standard InChI is InChI=1S/C10H18N6/c1-5-15-7-9(13(3)11-15)10-8-16(6-2)12-14(10)4/h9-10H,5-6H2,1-4H3/q+2. The molecule has 2 atom stereocenters. The summed E-state index contributed by atoms with van der Waals surface area (Å²) in [5, 5.41) is 12.5. The average molecular weight is 222 g/mol. The third-order valence-corrected chi connectivity index (χ3v) is 2.76. The van der Waals surface area contributed by atoms with Crippen molar-refractivity contribution in [3.63, 3.8) is 0 Å². The van der Waals surface area contributed by atoms with E-state index < -0.39 is 0 Å². The SMILES string of the molecule is CC[N+]1=NN(C)C(C2[C][N+](CC)=NN2C)[C]1. The van der Waals surface area contributed by atoms with Crippen molar-refractivity contribution in [2.24, 2.45) is 10.4 Å². The summed E-state index contributed by atoms with van der Waals surface area (Å²) in [6.45, 7) is 12.4. The van der Waals surface area contributed by atoms with Crippen molar-refractivity contribution in [3.8, 4) is 0 Å². The van der Waals surface area contributed by atoms with Crippen LogP contribution >= 0.6 is 0 Å². The lowest BCUT2D eigenvalue weighted by Gasteiger charge is -2.14. The lowest BCUT2D eigenvalue weighted by atomic mass is 10.1. The van der Waals surface area contributed by atoms with Crippen LogP contribution in [0.1, 0.15) is 13.8 Å². The molecule has 0 aromatic carbocycles. The van der Waals surface area contributed by atoms with E-state index in [4.69, 9.17) is 0 Å². The number of rotatable bonds is 3. The molecule has 0 bridgehead atoms. The molecule has 6 nitrogen and oxygen atoms in total. The van der Waals surface area contributed by atoms with Crippen LogP contribution in [0.4, 0.5) is 0 Å². The maximum absolute atomic E-state index is 4.35. The molecule has 0 aliphatic carbocycles. The Kier molecular flexibility index (Phi) is 3.07. The van der Waals surface area contributed by atoms with Gasteiger partial charge in [0.1, 0.15) is 13.1 Å². The highest BCUT2D eigenvalue weighted by molar-refractivity contribution is 4.94. The van der Waals surface area contributed by atoms with Crippen molar-refractivity contribution >= 4 is 0 Å². The maximum atomic E-state index is 4.35. The summed E-state index contributed by atoms with van der Waals surface area (Å²) in [6, 6.07) is 0.176. The van der Waals surface area contributed by atoms with E-state index in [-0.39, 0.29) is 12.1 Å². The normalized spacial score (nSPS) is 29.8. The Morgan fingerprint density at radius 3 is 1.56 bits per heavy atom. The van der Waals surface area contributed by atoms with Crippen molar-refractivity contribution in [1.82, 2.24) is 10.0 Å². The third kappa shape index (κ3) is 1.88. The molecule has 2 heterocycles. The van der Waals surface area contributed by atoms with Gasteiger partial charge in [0, 0.05) is 0 Å². The Hall–Kier alpha value is -1.20. The van der Waals surface area contributed by atoms with Crippen LogP contribution < -0.4 is 0 Å². The molecule has 2 aliphatic heterocycles. The Bertz CT molecular complexity index is 291. The summed E-state index contributed by atoms with van der Waals surface area (Å²) < 4.78 is 3.66. The zero-order valence-electron chi connectivity index (χ0n) is 10.3. The molecule has 0 saturated heterocycles. The van der Waals surface area contributed by atoms with Crippen LogP contribution in [0, 0.1) is 13.1 Å². The van der Waals surface area contributed by atoms with E-state index in [0.717, 1.165) is 13.1 Å². The molecule has 0 spiro atoms. The van der Waals surface area contributed by atoms with Gasteiger partial charge in [0.25, 0.3) is 13.1 Å². The highest BCUT2D eigenvalue weighted by Gasteiger charge is 2.50. The molecule has 0 amide bonds. The van der Waals surface area contributed by atoms with Crippen LogP contribution in [0.5, 0.6) is 0 Å². The average Bonchev–Trinajstić information content (AvgIpc) is 2.81. The second kappa shape index (κ2) is 4.35. The molecule has 16 heavy (non-hydrogen) atoms. The number of hydrogen-bond donors (Lipinski definition) is 0. The molecule has 0 saturated carbocycles. The molecule has 2 unspecified atom stereocenters. The maximum Gasteiger partial charge on any atom is 0.281 e. The van der Waals surface area contributed by atoms with Crippen molar-refractivity contribution < 1.29 is 9.39 Å². The number of hydrogen-bond acceptors (Lipinski definition) is 4.